The summed E-state index contributed by atoms with van der Waals surface area (Å²) in [6.07, 6.45) is 0. The second kappa shape index (κ2) is 7.23. The van der Waals surface area contributed by atoms with Gasteiger partial charge >= 0.3 is 0 Å². The van der Waals surface area contributed by atoms with E-state index in [0.717, 1.165) is 5.75 Å². The third kappa shape index (κ3) is 4.18. The summed E-state index contributed by atoms with van der Waals surface area (Å²) < 4.78 is 11.2. The van der Waals surface area contributed by atoms with Gasteiger partial charge in [0.15, 0.2) is 5.76 Å². The third-order valence-electron chi connectivity index (χ3n) is 3.37. The van der Waals surface area contributed by atoms with Crippen LogP contribution >= 0.6 is 11.6 Å². The van der Waals surface area contributed by atoms with Gasteiger partial charge in [-0.2, -0.15) is 0 Å². The van der Waals surface area contributed by atoms with E-state index in [1.807, 2.05) is 31.2 Å². The number of hydrogen-bond donors (Lipinski definition) is 1. The molecule has 0 saturated carbocycles. The van der Waals surface area contributed by atoms with Gasteiger partial charge in [0.25, 0.3) is 5.91 Å². The first-order chi connectivity index (χ1) is 11.6. The fourth-order valence-corrected chi connectivity index (χ4v) is 2.32. The van der Waals surface area contributed by atoms with Gasteiger partial charge in [-0.1, -0.05) is 35.4 Å². The molecule has 0 aliphatic heterocycles. The topological polar surface area (TPSA) is 51.5 Å². The third-order valence-corrected chi connectivity index (χ3v) is 3.61. The van der Waals surface area contributed by atoms with E-state index in [0.29, 0.717) is 16.5 Å². The summed E-state index contributed by atoms with van der Waals surface area (Å²) in [5.41, 5.74) is 1.78. The van der Waals surface area contributed by atoms with Crippen molar-refractivity contribution in [2.75, 3.05) is 5.32 Å². The normalized spacial score (nSPS) is 10.4. The van der Waals surface area contributed by atoms with Crippen LogP contribution in [0.2, 0.25) is 5.02 Å². The van der Waals surface area contributed by atoms with E-state index >= 15 is 0 Å². The molecular formula is C19H16ClNO3. The molecule has 5 heteroatoms. The van der Waals surface area contributed by atoms with Crippen molar-refractivity contribution in [2.24, 2.45) is 0 Å². The van der Waals surface area contributed by atoms with Crippen LogP contribution in [0.25, 0.3) is 0 Å². The number of carbonyl (C=O) groups excluding carboxylic acids is 1. The van der Waals surface area contributed by atoms with Crippen LogP contribution in [0.1, 0.15) is 21.9 Å². The number of furan rings is 1. The smallest absolute Gasteiger partial charge is 0.291 e. The number of anilines is 1. The Balaban J connectivity index is 1.60. The van der Waals surface area contributed by atoms with Gasteiger partial charge in [0.2, 0.25) is 0 Å². The molecule has 122 valence electrons. The number of carbonyl (C=O) groups is 1. The van der Waals surface area contributed by atoms with Crippen molar-refractivity contribution in [3.63, 3.8) is 0 Å². The minimum Gasteiger partial charge on any atom is -0.486 e. The molecule has 2 aromatic carbocycles. The molecule has 3 rings (SSSR count). The fraction of sp³-hybridized carbons (Fsp3) is 0.105. The maximum absolute atomic E-state index is 12.2. The van der Waals surface area contributed by atoms with E-state index < -0.39 is 0 Å². The molecule has 4 nitrogen and oxygen atoms in total. The summed E-state index contributed by atoms with van der Waals surface area (Å²) in [4.78, 5) is 12.2. The van der Waals surface area contributed by atoms with Gasteiger partial charge in [-0.05, 0) is 49.4 Å². The Labute approximate surface area is 145 Å². The SMILES string of the molecule is Cc1ccc(OCc2ccc(C(=O)Nc3cccc(Cl)c3)o2)cc1. The van der Waals surface area contributed by atoms with E-state index in [1.165, 1.54) is 5.56 Å². The van der Waals surface area contributed by atoms with Crippen molar-refractivity contribution in [2.45, 2.75) is 13.5 Å². The van der Waals surface area contributed by atoms with Gasteiger partial charge < -0.3 is 14.5 Å². The summed E-state index contributed by atoms with van der Waals surface area (Å²) >= 11 is 5.90. The largest absolute Gasteiger partial charge is 0.486 e. The fourth-order valence-electron chi connectivity index (χ4n) is 2.13. The number of nitrogens with one attached hydrogen (secondary N) is 1. The first-order valence-corrected chi connectivity index (χ1v) is 7.83. The number of halogens is 1. The van der Waals surface area contributed by atoms with Gasteiger partial charge in [-0.25, -0.2) is 0 Å². The molecule has 0 bridgehead atoms. The Bertz CT molecular complexity index is 840. The summed E-state index contributed by atoms with van der Waals surface area (Å²) in [5.74, 6) is 1.21. The van der Waals surface area contributed by atoms with Crippen molar-refractivity contribution in [3.8, 4) is 5.75 Å². The van der Waals surface area contributed by atoms with Crippen LogP contribution in [0.5, 0.6) is 5.75 Å². The second-order valence-electron chi connectivity index (χ2n) is 5.33. The number of benzene rings is 2. The van der Waals surface area contributed by atoms with E-state index in [2.05, 4.69) is 5.32 Å². The maximum atomic E-state index is 12.2. The van der Waals surface area contributed by atoms with Crippen molar-refractivity contribution in [1.29, 1.82) is 0 Å². The molecule has 0 spiro atoms. The Hall–Kier alpha value is -2.72. The lowest BCUT2D eigenvalue weighted by Gasteiger charge is -2.05. The molecule has 0 saturated heterocycles. The van der Waals surface area contributed by atoms with Crippen LogP contribution < -0.4 is 10.1 Å². The molecule has 0 aliphatic rings. The summed E-state index contributed by atoms with van der Waals surface area (Å²) in [6.45, 7) is 2.27. The van der Waals surface area contributed by atoms with Crippen LogP contribution in [-0.4, -0.2) is 5.91 Å². The minimum absolute atomic E-state index is 0.220. The predicted octanol–water partition coefficient (Wildman–Crippen LogP) is 5.07. The van der Waals surface area contributed by atoms with Gasteiger partial charge in [0.1, 0.15) is 18.1 Å². The average molecular weight is 342 g/mol. The average Bonchev–Trinajstić information content (AvgIpc) is 3.03. The van der Waals surface area contributed by atoms with Crippen LogP contribution in [0.15, 0.2) is 65.1 Å². The molecule has 0 unspecified atom stereocenters. The molecule has 0 radical (unpaired) electrons. The van der Waals surface area contributed by atoms with Crippen LogP contribution in [0.3, 0.4) is 0 Å². The van der Waals surface area contributed by atoms with Crippen molar-refractivity contribution in [3.05, 3.63) is 82.8 Å². The van der Waals surface area contributed by atoms with Gasteiger partial charge in [0, 0.05) is 10.7 Å². The van der Waals surface area contributed by atoms with Gasteiger partial charge in [-0.15, -0.1) is 0 Å². The highest BCUT2D eigenvalue weighted by Crippen LogP contribution is 2.18. The highest BCUT2D eigenvalue weighted by molar-refractivity contribution is 6.30. The maximum Gasteiger partial charge on any atom is 0.291 e. The monoisotopic (exact) mass is 341 g/mol. The van der Waals surface area contributed by atoms with Gasteiger partial charge in [-0.3, -0.25) is 4.79 Å². The number of rotatable bonds is 5. The first-order valence-electron chi connectivity index (χ1n) is 7.45. The zero-order valence-electron chi connectivity index (χ0n) is 13.1. The molecule has 1 heterocycles. The minimum atomic E-state index is -0.334. The van der Waals surface area contributed by atoms with E-state index in [4.69, 9.17) is 20.8 Å². The van der Waals surface area contributed by atoms with E-state index in [-0.39, 0.29) is 18.3 Å². The van der Waals surface area contributed by atoms with Crippen molar-refractivity contribution in [1.82, 2.24) is 0 Å². The standard InChI is InChI=1S/C19H16ClNO3/c1-13-5-7-16(8-6-13)23-12-17-9-10-18(24-17)19(22)21-15-4-2-3-14(20)11-15/h2-11H,12H2,1H3,(H,21,22). The van der Waals surface area contributed by atoms with E-state index in [9.17, 15) is 4.79 Å². The molecular weight excluding hydrogens is 326 g/mol. The van der Waals surface area contributed by atoms with Crippen LogP contribution in [0, 0.1) is 6.92 Å². The zero-order valence-corrected chi connectivity index (χ0v) is 13.8. The van der Waals surface area contributed by atoms with Crippen molar-refractivity contribution >= 4 is 23.2 Å². The van der Waals surface area contributed by atoms with Gasteiger partial charge in [0.05, 0.1) is 0 Å². The summed E-state index contributed by atoms with van der Waals surface area (Å²) in [6, 6.07) is 18.0. The lowest BCUT2D eigenvalue weighted by atomic mass is 10.2. The highest BCUT2D eigenvalue weighted by atomic mass is 35.5. The van der Waals surface area contributed by atoms with Crippen molar-refractivity contribution < 1.29 is 13.9 Å². The number of ether oxygens (including phenoxy) is 1. The second-order valence-corrected chi connectivity index (χ2v) is 5.77. The Morgan fingerprint density at radius 1 is 1.12 bits per heavy atom. The highest BCUT2D eigenvalue weighted by Gasteiger charge is 2.12. The lowest BCUT2D eigenvalue weighted by molar-refractivity contribution is 0.0992. The Morgan fingerprint density at radius 3 is 2.67 bits per heavy atom. The zero-order chi connectivity index (χ0) is 16.9. The molecule has 0 aliphatic carbocycles. The number of amides is 1. The summed E-state index contributed by atoms with van der Waals surface area (Å²) in [7, 11) is 0. The summed E-state index contributed by atoms with van der Waals surface area (Å²) in [5, 5.41) is 3.29. The van der Waals surface area contributed by atoms with E-state index in [1.54, 1.807) is 36.4 Å². The first kappa shape index (κ1) is 16.1. The molecule has 24 heavy (non-hydrogen) atoms. The Morgan fingerprint density at radius 2 is 1.92 bits per heavy atom. The molecule has 0 atom stereocenters. The van der Waals surface area contributed by atoms with Crippen LogP contribution in [-0.2, 0) is 6.61 Å². The Kier molecular flexibility index (Phi) is 4.87. The molecule has 0 fully saturated rings. The molecule has 3 aromatic rings. The quantitative estimate of drug-likeness (QED) is 0.704. The number of aryl methyl sites for hydroxylation is 1. The number of hydrogen-bond acceptors (Lipinski definition) is 3. The molecule has 1 amide bonds. The van der Waals surface area contributed by atoms with Crippen LogP contribution in [0.4, 0.5) is 5.69 Å². The molecule has 1 aromatic heterocycles. The predicted molar refractivity (Wildman–Crippen MR) is 93.6 cm³/mol. The molecule has 1 N–H and O–H groups in total. The lowest BCUT2D eigenvalue weighted by Crippen LogP contribution is -2.10.